The quantitative estimate of drug-likeness (QED) is 0.0619. The number of aromatic nitrogens is 4. The molecule has 50 heavy (non-hydrogen) atoms. The van der Waals surface area contributed by atoms with Gasteiger partial charge in [-0.3, -0.25) is 0 Å². The molecule has 3 aromatic rings. The predicted molar refractivity (Wildman–Crippen MR) is 216 cm³/mol. The molecule has 8 nitrogen and oxygen atoms in total. The van der Waals surface area contributed by atoms with Gasteiger partial charge in [0.2, 0.25) is 11.9 Å². The zero-order valence-corrected chi connectivity index (χ0v) is 32.1. The summed E-state index contributed by atoms with van der Waals surface area (Å²) in [6, 6.07) is 15.1. The minimum absolute atomic E-state index is 0.497. The number of nitrogens with one attached hydrogen (secondary N) is 4. The number of anilines is 4. The average Bonchev–Trinajstić information content (AvgIpc) is 3.12. The van der Waals surface area contributed by atoms with Crippen LogP contribution in [-0.2, 0) is 0 Å². The highest BCUT2D eigenvalue weighted by Crippen LogP contribution is 2.48. The predicted octanol–water partition coefficient (Wildman–Crippen LogP) is 11.6. The lowest BCUT2D eigenvalue weighted by molar-refractivity contribution is 0.340. The Balaban J connectivity index is 0.000000295. The summed E-state index contributed by atoms with van der Waals surface area (Å²) in [4.78, 5) is 18.4. The molecule has 2 unspecified atom stereocenters. The van der Waals surface area contributed by atoms with Crippen molar-refractivity contribution in [2.24, 2.45) is 0 Å². The van der Waals surface area contributed by atoms with Crippen molar-refractivity contribution in [2.45, 2.75) is 155 Å². The maximum atomic E-state index is 4.94. The second-order valence-corrected chi connectivity index (χ2v) is 13.9. The lowest BCUT2D eigenvalue weighted by atomic mass is 9.68. The Hall–Kier alpha value is -3.42. The molecule has 2 aromatic heterocycles. The van der Waals surface area contributed by atoms with E-state index < -0.39 is 0 Å². The Morgan fingerprint density at radius 3 is 1.54 bits per heavy atom. The number of hydrogen-bond donors (Lipinski definition) is 4. The molecule has 1 aromatic carbocycles. The molecule has 8 heteroatoms. The van der Waals surface area contributed by atoms with Gasteiger partial charge >= 0.3 is 0 Å². The minimum Gasteiger partial charge on any atom is -0.370 e. The molecule has 0 saturated heterocycles. The van der Waals surface area contributed by atoms with E-state index in [0.29, 0.717) is 11.8 Å². The van der Waals surface area contributed by atoms with Crippen LogP contribution in [-0.4, -0.2) is 46.1 Å². The van der Waals surface area contributed by atoms with Crippen molar-refractivity contribution < 1.29 is 0 Å². The van der Waals surface area contributed by atoms with Gasteiger partial charge in [-0.2, -0.15) is 9.97 Å². The summed E-state index contributed by atoms with van der Waals surface area (Å²) in [7, 11) is 0. The Labute approximate surface area is 305 Å². The number of benzene rings is 1. The van der Waals surface area contributed by atoms with Crippen LogP contribution in [0.25, 0.3) is 0 Å². The number of nitrogens with zero attached hydrogens (tertiary/aromatic N) is 4. The molecule has 0 bridgehead atoms. The third-order valence-corrected chi connectivity index (χ3v) is 9.58. The highest BCUT2D eigenvalue weighted by atomic mass is 15.1. The first-order valence-corrected chi connectivity index (χ1v) is 20.4. The summed E-state index contributed by atoms with van der Waals surface area (Å²) in [6.45, 7) is 12.9. The molecule has 1 saturated carbocycles. The van der Waals surface area contributed by atoms with Gasteiger partial charge in [-0.25, -0.2) is 9.97 Å². The van der Waals surface area contributed by atoms with Gasteiger partial charge in [0.15, 0.2) is 0 Å². The van der Waals surface area contributed by atoms with Crippen molar-refractivity contribution >= 4 is 23.5 Å². The van der Waals surface area contributed by atoms with E-state index in [1.165, 1.54) is 127 Å². The van der Waals surface area contributed by atoms with E-state index in [1.54, 1.807) is 0 Å². The molecule has 2 atom stereocenters. The van der Waals surface area contributed by atoms with Crippen LogP contribution in [0.4, 0.5) is 23.5 Å². The van der Waals surface area contributed by atoms with Crippen LogP contribution in [0, 0.1) is 0 Å². The summed E-state index contributed by atoms with van der Waals surface area (Å²) in [6.07, 6.45) is 24.5. The van der Waals surface area contributed by atoms with Crippen LogP contribution in [0.1, 0.15) is 166 Å². The van der Waals surface area contributed by atoms with Crippen LogP contribution in [0.3, 0.4) is 0 Å². The van der Waals surface area contributed by atoms with E-state index in [2.05, 4.69) is 95.3 Å². The summed E-state index contributed by atoms with van der Waals surface area (Å²) < 4.78 is 0. The van der Waals surface area contributed by atoms with Crippen molar-refractivity contribution in [3.8, 4) is 0 Å². The van der Waals surface area contributed by atoms with Gasteiger partial charge < -0.3 is 21.3 Å². The molecular weight excluding hydrogens is 617 g/mol. The van der Waals surface area contributed by atoms with Gasteiger partial charge in [-0.15, -0.1) is 0 Å². The summed E-state index contributed by atoms with van der Waals surface area (Å²) in [5.41, 5.74) is 2.63. The number of unbranched alkanes of at least 4 members (excludes halogenated alkanes) is 12. The standard InChI is InChI=1S/C26H40N4.C16H30N4/c1-3-5-7-12-18-27-25-20-24(29-26(30-25)28-19-13-8-6-4-2)23-17-16-22(23)21-14-10-9-11-15-21;1-3-5-7-9-12-17-15-11-14-19-16(20-15)18-13-10-8-6-4-2/h9-11,14-15,20,22-23H,3-8,12-13,16-19H2,1-2H3,(H2,27,28,29,30);11,14H,3-10,12-13H2,1-2H3,(H2,17,18,19,20). The van der Waals surface area contributed by atoms with Gasteiger partial charge in [0.05, 0.1) is 5.69 Å². The molecule has 0 radical (unpaired) electrons. The van der Waals surface area contributed by atoms with E-state index >= 15 is 0 Å². The third kappa shape index (κ3) is 16.5. The van der Waals surface area contributed by atoms with Crippen molar-refractivity contribution in [1.29, 1.82) is 0 Å². The highest BCUT2D eigenvalue weighted by Gasteiger charge is 2.34. The van der Waals surface area contributed by atoms with Gasteiger partial charge in [0.1, 0.15) is 11.6 Å². The van der Waals surface area contributed by atoms with E-state index in [0.717, 1.165) is 49.7 Å². The van der Waals surface area contributed by atoms with Crippen LogP contribution < -0.4 is 21.3 Å². The molecule has 4 N–H and O–H groups in total. The monoisotopic (exact) mass is 687 g/mol. The lowest BCUT2D eigenvalue weighted by Gasteiger charge is -2.37. The zero-order chi connectivity index (χ0) is 35.5. The molecule has 0 spiro atoms. The van der Waals surface area contributed by atoms with Gasteiger partial charge in [-0.05, 0) is 56.1 Å². The SMILES string of the molecule is CCCCCCNc1cc(C2CCC2c2ccccc2)nc(NCCCCCC)n1.CCCCCCNc1ccnc(NCCCCCC)n1. The van der Waals surface area contributed by atoms with Crippen LogP contribution in [0.5, 0.6) is 0 Å². The number of rotatable bonds is 26. The van der Waals surface area contributed by atoms with Crippen molar-refractivity contribution in [1.82, 2.24) is 19.9 Å². The summed E-state index contributed by atoms with van der Waals surface area (Å²) in [5.74, 6) is 4.50. The third-order valence-electron chi connectivity index (χ3n) is 9.58. The molecular formula is C42H70N8. The van der Waals surface area contributed by atoms with E-state index in [1.807, 2.05) is 12.3 Å². The largest absolute Gasteiger partial charge is 0.370 e. The average molecular weight is 687 g/mol. The normalized spacial score (nSPS) is 15.0. The Kier molecular flexibility index (Phi) is 21.6. The molecule has 1 fully saturated rings. The van der Waals surface area contributed by atoms with Crippen LogP contribution >= 0.6 is 0 Å². The Morgan fingerprint density at radius 1 is 0.500 bits per heavy atom. The van der Waals surface area contributed by atoms with Crippen molar-refractivity contribution in [2.75, 3.05) is 47.4 Å². The fourth-order valence-corrected chi connectivity index (χ4v) is 6.36. The maximum absolute atomic E-state index is 4.94. The second-order valence-electron chi connectivity index (χ2n) is 13.9. The van der Waals surface area contributed by atoms with E-state index in [9.17, 15) is 0 Å². The highest BCUT2D eigenvalue weighted by molar-refractivity contribution is 5.45. The first-order valence-electron chi connectivity index (χ1n) is 20.4. The summed E-state index contributed by atoms with van der Waals surface area (Å²) >= 11 is 0. The van der Waals surface area contributed by atoms with E-state index in [4.69, 9.17) is 9.97 Å². The zero-order valence-electron chi connectivity index (χ0n) is 32.1. The molecule has 4 rings (SSSR count). The fourth-order valence-electron chi connectivity index (χ4n) is 6.36. The van der Waals surface area contributed by atoms with Crippen LogP contribution in [0.15, 0.2) is 48.7 Å². The lowest BCUT2D eigenvalue weighted by Crippen LogP contribution is -2.24. The van der Waals surface area contributed by atoms with Crippen molar-refractivity contribution in [3.05, 3.63) is 59.9 Å². The van der Waals surface area contributed by atoms with Gasteiger partial charge in [-0.1, -0.05) is 135 Å². The summed E-state index contributed by atoms with van der Waals surface area (Å²) in [5, 5.41) is 13.7. The Bertz CT molecular complexity index is 1190. The molecule has 2 heterocycles. The molecule has 1 aliphatic rings. The fraction of sp³-hybridized carbons (Fsp3) is 0.667. The van der Waals surface area contributed by atoms with Gasteiger partial charge in [0.25, 0.3) is 0 Å². The second kappa shape index (κ2) is 26.4. The maximum Gasteiger partial charge on any atom is 0.224 e. The Morgan fingerprint density at radius 2 is 1.00 bits per heavy atom. The molecule has 278 valence electrons. The first-order chi connectivity index (χ1) is 24.7. The smallest absolute Gasteiger partial charge is 0.224 e. The van der Waals surface area contributed by atoms with Crippen molar-refractivity contribution in [3.63, 3.8) is 0 Å². The van der Waals surface area contributed by atoms with Crippen LogP contribution in [0.2, 0.25) is 0 Å². The minimum atomic E-state index is 0.497. The van der Waals surface area contributed by atoms with E-state index in [-0.39, 0.29) is 0 Å². The molecule has 0 amide bonds. The number of hydrogen-bond acceptors (Lipinski definition) is 8. The topological polar surface area (TPSA) is 99.7 Å². The van der Waals surface area contributed by atoms with Gasteiger partial charge in [0, 0.05) is 44.4 Å². The molecule has 0 aliphatic heterocycles. The molecule has 1 aliphatic carbocycles. The first kappa shape index (κ1) is 41.0.